The maximum atomic E-state index is 11.4. The Morgan fingerprint density at radius 1 is 1.43 bits per heavy atom. The van der Waals surface area contributed by atoms with Crippen LogP contribution in [0.3, 0.4) is 0 Å². The van der Waals surface area contributed by atoms with E-state index < -0.39 is 6.10 Å². The number of rotatable bonds is 7. The van der Waals surface area contributed by atoms with Crippen molar-refractivity contribution in [2.75, 3.05) is 30.8 Å². The summed E-state index contributed by atoms with van der Waals surface area (Å²) in [6.45, 7) is 5.85. The Bertz CT molecular complexity index is 494. The molecule has 0 spiro atoms. The average Bonchev–Trinajstić information content (AvgIpc) is 2.44. The predicted molar refractivity (Wildman–Crippen MR) is 85.0 cm³/mol. The minimum absolute atomic E-state index is 0.00238. The minimum Gasteiger partial charge on any atom is -0.491 e. The summed E-state index contributed by atoms with van der Waals surface area (Å²) in [5.74, 6) is 1.66. The molecule has 1 aliphatic heterocycles. The zero-order valence-electron chi connectivity index (χ0n) is 12.4. The number of anilines is 1. The first-order valence-corrected chi connectivity index (χ1v) is 8.11. The molecular weight excluding hydrogens is 288 g/mol. The van der Waals surface area contributed by atoms with Crippen LogP contribution < -0.4 is 15.4 Å². The number of hydrogen-bond donors (Lipinski definition) is 3. The molecule has 0 aromatic heterocycles. The molecule has 1 heterocycles. The third kappa shape index (κ3) is 5.22. The zero-order chi connectivity index (χ0) is 15.2. The summed E-state index contributed by atoms with van der Waals surface area (Å²) >= 11 is 1.52. The molecule has 21 heavy (non-hydrogen) atoms. The van der Waals surface area contributed by atoms with Gasteiger partial charge in [-0.2, -0.15) is 0 Å². The molecule has 5 nitrogen and oxygen atoms in total. The molecule has 1 amide bonds. The van der Waals surface area contributed by atoms with Gasteiger partial charge in [-0.05, 0) is 24.6 Å². The van der Waals surface area contributed by atoms with Crippen LogP contribution in [-0.2, 0) is 4.79 Å². The minimum atomic E-state index is -0.552. The van der Waals surface area contributed by atoms with Crippen LogP contribution in [0.4, 0.5) is 5.69 Å². The third-order valence-corrected chi connectivity index (χ3v) is 4.03. The van der Waals surface area contributed by atoms with Gasteiger partial charge in [-0.1, -0.05) is 13.8 Å². The molecular formula is C15H22N2O3S. The quantitative estimate of drug-likeness (QED) is 0.715. The SMILES string of the molecule is CC(C)CNCC(O)COc1ccc2c(c1)NC(=O)CS2. The number of hydrogen-bond acceptors (Lipinski definition) is 5. The van der Waals surface area contributed by atoms with Gasteiger partial charge in [0.05, 0.1) is 11.4 Å². The van der Waals surface area contributed by atoms with Crippen LogP contribution in [0.25, 0.3) is 0 Å². The van der Waals surface area contributed by atoms with Crippen molar-refractivity contribution in [3.05, 3.63) is 18.2 Å². The topological polar surface area (TPSA) is 70.6 Å². The molecule has 1 aromatic rings. The second-order valence-electron chi connectivity index (χ2n) is 5.51. The summed E-state index contributed by atoms with van der Waals surface area (Å²) in [4.78, 5) is 12.4. The van der Waals surface area contributed by atoms with Crippen LogP contribution in [0.15, 0.2) is 23.1 Å². The molecule has 1 atom stereocenters. The second-order valence-corrected chi connectivity index (χ2v) is 6.53. The summed E-state index contributed by atoms with van der Waals surface area (Å²) < 4.78 is 5.58. The van der Waals surface area contributed by atoms with Crippen LogP contribution in [0, 0.1) is 5.92 Å². The van der Waals surface area contributed by atoms with Gasteiger partial charge in [0, 0.05) is 17.5 Å². The lowest BCUT2D eigenvalue weighted by Gasteiger charge is -2.18. The molecule has 0 bridgehead atoms. The highest BCUT2D eigenvalue weighted by atomic mass is 32.2. The number of nitrogens with one attached hydrogen (secondary N) is 2. The van der Waals surface area contributed by atoms with Gasteiger partial charge < -0.3 is 20.5 Å². The lowest BCUT2D eigenvalue weighted by Crippen LogP contribution is -2.33. The molecule has 0 radical (unpaired) electrons. The van der Waals surface area contributed by atoms with Crippen LogP contribution in [0.1, 0.15) is 13.8 Å². The smallest absolute Gasteiger partial charge is 0.234 e. The monoisotopic (exact) mass is 310 g/mol. The Kier molecular flexibility index (Phi) is 5.90. The van der Waals surface area contributed by atoms with E-state index in [0.29, 0.717) is 24.0 Å². The molecule has 2 rings (SSSR count). The van der Waals surface area contributed by atoms with Gasteiger partial charge in [0.15, 0.2) is 0 Å². The van der Waals surface area contributed by atoms with Crippen LogP contribution in [0.2, 0.25) is 0 Å². The first-order valence-electron chi connectivity index (χ1n) is 7.13. The van der Waals surface area contributed by atoms with Crippen molar-refractivity contribution >= 4 is 23.4 Å². The van der Waals surface area contributed by atoms with Crippen molar-refractivity contribution in [1.82, 2.24) is 5.32 Å². The molecule has 0 fully saturated rings. The van der Waals surface area contributed by atoms with Gasteiger partial charge in [0.25, 0.3) is 0 Å². The number of aliphatic hydroxyl groups excluding tert-OH is 1. The normalized spacial score (nSPS) is 15.5. The number of carbonyl (C=O) groups excluding carboxylic acids is 1. The Labute approximate surface area is 129 Å². The number of carbonyl (C=O) groups is 1. The van der Waals surface area contributed by atoms with Crippen LogP contribution in [0.5, 0.6) is 5.75 Å². The fraction of sp³-hybridized carbons (Fsp3) is 0.533. The number of fused-ring (bicyclic) bond motifs is 1. The van der Waals surface area contributed by atoms with E-state index in [4.69, 9.17) is 4.74 Å². The Morgan fingerprint density at radius 2 is 2.24 bits per heavy atom. The van der Waals surface area contributed by atoms with Crippen molar-refractivity contribution in [1.29, 1.82) is 0 Å². The van der Waals surface area contributed by atoms with Gasteiger partial charge in [-0.15, -0.1) is 11.8 Å². The number of ether oxygens (including phenoxy) is 1. The van der Waals surface area contributed by atoms with Crippen molar-refractivity contribution in [3.8, 4) is 5.75 Å². The average molecular weight is 310 g/mol. The maximum absolute atomic E-state index is 11.4. The van der Waals surface area contributed by atoms with E-state index in [1.807, 2.05) is 12.1 Å². The molecule has 1 aromatic carbocycles. The number of amides is 1. The first-order chi connectivity index (χ1) is 10.0. The molecule has 0 aliphatic carbocycles. The molecule has 3 N–H and O–H groups in total. The van der Waals surface area contributed by atoms with Gasteiger partial charge in [0.1, 0.15) is 18.5 Å². The molecule has 1 aliphatic rings. The van der Waals surface area contributed by atoms with E-state index in [9.17, 15) is 9.90 Å². The van der Waals surface area contributed by atoms with Gasteiger partial charge in [-0.25, -0.2) is 0 Å². The van der Waals surface area contributed by atoms with E-state index >= 15 is 0 Å². The highest BCUT2D eigenvalue weighted by Crippen LogP contribution is 2.34. The van der Waals surface area contributed by atoms with Crippen molar-refractivity contribution < 1.29 is 14.6 Å². The van der Waals surface area contributed by atoms with Gasteiger partial charge in [-0.3, -0.25) is 4.79 Å². The first kappa shape index (κ1) is 16.1. The van der Waals surface area contributed by atoms with Crippen molar-refractivity contribution in [2.45, 2.75) is 24.8 Å². The van der Waals surface area contributed by atoms with E-state index in [0.717, 1.165) is 17.1 Å². The lowest BCUT2D eigenvalue weighted by atomic mass is 10.2. The predicted octanol–water partition coefficient (Wildman–Crippen LogP) is 1.72. The largest absolute Gasteiger partial charge is 0.491 e. The van der Waals surface area contributed by atoms with E-state index in [1.165, 1.54) is 11.8 Å². The summed E-state index contributed by atoms with van der Waals surface area (Å²) in [5.41, 5.74) is 0.779. The molecule has 0 saturated carbocycles. The summed E-state index contributed by atoms with van der Waals surface area (Å²) in [5, 5.41) is 15.8. The fourth-order valence-electron chi connectivity index (χ4n) is 1.94. The van der Waals surface area contributed by atoms with Gasteiger partial charge in [0.2, 0.25) is 5.91 Å². The summed E-state index contributed by atoms with van der Waals surface area (Å²) in [7, 11) is 0. The van der Waals surface area contributed by atoms with Crippen molar-refractivity contribution in [3.63, 3.8) is 0 Å². The second kappa shape index (κ2) is 7.68. The number of aliphatic hydroxyl groups is 1. The van der Waals surface area contributed by atoms with Crippen molar-refractivity contribution in [2.24, 2.45) is 5.92 Å². The highest BCUT2D eigenvalue weighted by molar-refractivity contribution is 8.00. The Hall–Kier alpha value is -1.24. The fourth-order valence-corrected chi connectivity index (χ4v) is 2.73. The summed E-state index contributed by atoms with van der Waals surface area (Å²) in [6.07, 6.45) is -0.552. The summed E-state index contributed by atoms with van der Waals surface area (Å²) in [6, 6.07) is 5.59. The zero-order valence-corrected chi connectivity index (χ0v) is 13.2. The number of thioether (sulfide) groups is 1. The third-order valence-electron chi connectivity index (χ3n) is 2.96. The molecule has 116 valence electrons. The van der Waals surface area contributed by atoms with E-state index in [1.54, 1.807) is 6.07 Å². The van der Waals surface area contributed by atoms with E-state index in [2.05, 4.69) is 24.5 Å². The highest BCUT2D eigenvalue weighted by Gasteiger charge is 2.16. The van der Waals surface area contributed by atoms with Gasteiger partial charge >= 0.3 is 0 Å². The van der Waals surface area contributed by atoms with Crippen LogP contribution in [-0.4, -0.2) is 42.6 Å². The maximum Gasteiger partial charge on any atom is 0.234 e. The standard InChI is InChI=1S/C15H22N2O3S/c1-10(2)6-16-7-11(18)8-20-12-3-4-14-13(5-12)17-15(19)9-21-14/h3-5,10-11,16,18H,6-9H2,1-2H3,(H,17,19). The number of benzene rings is 1. The van der Waals surface area contributed by atoms with E-state index in [-0.39, 0.29) is 12.5 Å². The molecule has 1 unspecified atom stereocenters. The Balaban J connectivity index is 1.80. The molecule has 6 heteroatoms. The lowest BCUT2D eigenvalue weighted by molar-refractivity contribution is -0.113. The Morgan fingerprint density at radius 3 is 3.00 bits per heavy atom. The van der Waals surface area contributed by atoms with Crippen LogP contribution >= 0.6 is 11.8 Å². The molecule has 0 saturated heterocycles.